The van der Waals surface area contributed by atoms with E-state index in [2.05, 4.69) is 0 Å². The quantitative estimate of drug-likeness (QED) is 0.516. The van der Waals surface area contributed by atoms with Gasteiger partial charge in [-0.1, -0.05) is 0 Å². The van der Waals surface area contributed by atoms with Gasteiger partial charge in [-0.25, -0.2) is 0 Å². The molecule has 0 aliphatic carbocycles. The standard InChI is InChI=1S/C5H13NO2/c1-2-8-4-5(6)3-7/h5,7H,2-4,6H2,1H3/t5-/m1/s1. The molecule has 0 heterocycles. The fourth-order valence-corrected chi connectivity index (χ4v) is 0.322. The molecule has 0 saturated carbocycles. The van der Waals surface area contributed by atoms with Gasteiger partial charge in [-0.05, 0) is 6.92 Å². The Bertz CT molecular complexity index is 49.7. The van der Waals surface area contributed by atoms with E-state index in [0.717, 1.165) is 0 Å². The van der Waals surface area contributed by atoms with Crippen LogP contribution < -0.4 is 5.73 Å². The Balaban J connectivity index is 2.86. The Morgan fingerprint density at radius 1 is 1.75 bits per heavy atom. The highest BCUT2D eigenvalue weighted by Gasteiger charge is 1.96. The highest BCUT2D eigenvalue weighted by atomic mass is 16.5. The average molecular weight is 119 g/mol. The third kappa shape index (κ3) is 4.05. The van der Waals surface area contributed by atoms with Crippen molar-refractivity contribution in [2.75, 3.05) is 19.8 Å². The van der Waals surface area contributed by atoms with Crippen LogP contribution in [0.2, 0.25) is 0 Å². The van der Waals surface area contributed by atoms with Gasteiger partial charge < -0.3 is 15.6 Å². The number of aliphatic hydroxyl groups excluding tert-OH is 1. The Morgan fingerprint density at radius 2 is 2.38 bits per heavy atom. The first-order chi connectivity index (χ1) is 3.81. The predicted octanol–water partition coefficient (Wildman–Crippen LogP) is -0.658. The van der Waals surface area contributed by atoms with Crippen LogP contribution in [0.1, 0.15) is 6.92 Å². The Hall–Kier alpha value is -0.120. The summed E-state index contributed by atoms with van der Waals surface area (Å²) in [5, 5.41) is 8.36. The minimum absolute atomic E-state index is 0. The van der Waals surface area contributed by atoms with Crippen LogP contribution in [0.15, 0.2) is 0 Å². The summed E-state index contributed by atoms with van der Waals surface area (Å²) < 4.78 is 4.90. The molecule has 3 N–H and O–H groups in total. The molecule has 0 aliphatic heterocycles. The summed E-state index contributed by atoms with van der Waals surface area (Å²) in [5.41, 5.74) is 5.28. The maximum Gasteiger partial charge on any atom is 0.0639 e. The van der Waals surface area contributed by atoms with Gasteiger partial charge in [0.25, 0.3) is 0 Å². The minimum Gasteiger partial charge on any atom is -0.395 e. The van der Waals surface area contributed by atoms with Crippen molar-refractivity contribution in [2.45, 2.75) is 13.0 Å². The van der Waals surface area contributed by atoms with E-state index in [1.54, 1.807) is 0 Å². The molecule has 0 aromatic carbocycles. The van der Waals surface area contributed by atoms with E-state index in [1.807, 2.05) is 6.92 Å². The SMILES string of the molecule is CCOC[C@H](N)CO. The summed E-state index contributed by atoms with van der Waals surface area (Å²) in [6, 6.07) is -0.213. The van der Waals surface area contributed by atoms with Crippen LogP contribution in [0.5, 0.6) is 0 Å². The highest BCUT2D eigenvalue weighted by Crippen LogP contribution is 1.77. The molecule has 3 heteroatoms. The summed E-state index contributed by atoms with van der Waals surface area (Å²) in [7, 11) is 0. The van der Waals surface area contributed by atoms with Gasteiger partial charge in [0.05, 0.1) is 19.3 Å². The maximum absolute atomic E-state index is 8.36. The van der Waals surface area contributed by atoms with E-state index in [9.17, 15) is 0 Å². The van der Waals surface area contributed by atoms with Crippen molar-refractivity contribution in [1.82, 2.24) is 0 Å². The lowest BCUT2D eigenvalue weighted by atomic mass is 10.4. The van der Waals surface area contributed by atoms with Gasteiger partial charge in [0.1, 0.15) is 0 Å². The third-order valence-corrected chi connectivity index (χ3v) is 0.771. The molecule has 1 atom stereocenters. The second-order valence-corrected chi connectivity index (χ2v) is 1.60. The summed E-state index contributed by atoms with van der Waals surface area (Å²) in [6.45, 7) is 3.00. The normalized spacial score (nSPS) is 13.9. The van der Waals surface area contributed by atoms with Crippen molar-refractivity contribution in [2.24, 2.45) is 5.73 Å². The fraction of sp³-hybridized carbons (Fsp3) is 1.00. The molecule has 0 saturated heterocycles. The smallest absolute Gasteiger partial charge is 0.0639 e. The maximum atomic E-state index is 8.36. The molecule has 0 spiro atoms. The number of ether oxygens (including phenoxy) is 1. The van der Waals surface area contributed by atoms with Crippen LogP contribution >= 0.6 is 0 Å². The molecule has 0 aromatic rings. The van der Waals surface area contributed by atoms with Crippen LogP contribution in [0.4, 0.5) is 0 Å². The first kappa shape index (κ1) is 7.88. The molecule has 0 fully saturated rings. The molecule has 0 bridgehead atoms. The van der Waals surface area contributed by atoms with Crippen molar-refractivity contribution in [1.29, 1.82) is 0 Å². The molecule has 0 aromatic heterocycles. The first-order valence-corrected chi connectivity index (χ1v) is 2.75. The average Bonchev–Trinajstić information content (AvgIpc) is 1.83. The molecule has 0 amide bonds. The zero-order valence-corrected chi connectivity index (χ0v) is 5.13. The van der Waals surface area contributed by atoms with E-state index in [0.29, 0.717) is 13.2 Å². The summed E-state index contributed by atoms with van der Waals surface area (Å²) in [4.78, 5) is 0. The van der Waals surface area contributed by atoms with Gasteiger partial charge in [-0.15, -0.1) is 0 Å². The minimum atomic E-state index is -0.213. The molecule has 0 aliphatic rings. The number of hydrogen-bond donors (Lipinski definition) is 2. The molecule has 0 unspecified atom stereocenters. The third-order valence-electron chi connectivity index (χ3n) is 0.771. The van der Waals surface area contributed by atoms with Crippen LogP contribution in [0.3, 0.4) is 0 Å². The van der Waals surface area contributed by atoms with Crippen molar-refractivity contribution < 1.29 is 9.84 Å². The largest absolute Gasteiger partial charge is 0.395 e. The number of hydrogen-bond acceptors (Lipinski definition) is 3. The Labute approximate surface area is 49.4 Å². The van der Waals surface area contributed by atoms with Crippen LogP contribution in [0.25, 0.3) is 0 Å². The number of rotatable bonds is 4. The van der Waals surface area contributed by atoms with Gasteiger partial charge in [0.2, 0.25) is 0 Å². The first-order valence-electron chi connectivity index (χ1n) is 2.75. The monoisotopic (exact) mass is 119 g/mol. The zero-order chi connectivity index (χ0) is 6.41. The van der Waals surface area contributed by atoms with Gasteiger partial charge in [0, 0.05) is 6.61 Å². The van der Waals surface area contributed by atoms with E-state index in [-0.39, 0.29) is 12.6 Å². The van der Waals surface area contributed by atoms with Crippen LogP contribution in [-0.2, 0) is 4.74 Å². The molecule has 3 nitrogen and oxygen atoms in total. The van der Waals surface area contributed by atoms with E-state index >= 15 is 0 Å². The molecule has 50 valence electrons. The molecule has 8 heavy (non-hydrogen) atoms. The fourth-order valence-electron chi connectivity index (χ4n) is 0.322. The number of nitrogens with two attached hydrogens (primary N) is 1. The lowest BCUT2D eigenvalue weighted by molar-refractivity contribution is 0.111. The molecule has 0 radical (unpaired) electrons. The van der Waals surface area contributed by atoms with Gasteiger partial charge in [-0.3, -0.25) is 0 Å². The Kier molecular flexibility index (Phi) is 4.95. The van der Waals surface area contributed by atoms with Gasteiger partial charge in [0.15, 0.2) is 0 Å². The lowest BCUT2D eigenvalue weighted by Crippen LogP contribution is -2.29. The second-order valence-electron chi connectivity index (χ2n) is 1.60. The van der Waals surface area contributed by atoms with Crippen LogP contribution in [-0.4, -0.2) is 31.0 Å². The number of aliphatic hydroxyl groups is 1. The lowest BCUT2D eigenvalue weighted by Gasteiger charge is -2.05. The van der Waals surface area contributed by atoms with Crippen LogP contribution in [0, 0.1) is 0 Å². The van der Waals surface area contributed by atoms with E-state index in [1.165, 1.54) is 0 Å². The van der Waals surface area contributed by atoms with E-state index < -0.39 is 0 Å². The van der Waals surface area contributed by atoms with Gasteiger partial charge >= 0.3 is 0 Å². The van der Waals surface area contributed by atoms with E-state index in [4.69, 9.17) is 15.6 Å². The van der Waals surface area contributed by atoms with Crippen molar-refractivity contribution in [3.05, 3.63) is 0 Å². The zero-order valence-electron chi connectivity index (χ0n) is 5.13. The van der Waals surface area contributed by atoms with Crippen molar-refractivity contribution in [3.63, 3.8) is 0 Å². The predicted molar refractivity (Wildman–Crippen MR) is 31.6 cm³/mol. The van der Waals surface area contributed by atoms with Crippen molar-refractivity contribution >= 4 is 0 Å². The Morgan fingerprint density at radius 3 is 2.75 bits per heavy atom. The molecular formula is C5H13NO2. The van der Waals surface area contributed by atoms with Gasteiger partial charge in [-0.2, -0.15) is 0 Å². The molecular weight excluding hydrogens is 106 g/mol. The molecule has 0 rings (SSSR count). The topological polar surface area (TPSA) is 55.5 Å². The highest BCUT2D eigenvalue weighted by molar-refractivity contribution is 4.54. The summed E-state index contributed by atoms with van der Waals surface area (Å²) in [6.07, 6.45) is 0. The van der Waals surface area contributed by atoms with Crippen molar-refractivity contribution in [3.8, 4) is 0 Å². The second kappa shape index (κ2) is 5.03. The summed E-state index contributed by atoms with van der Waals surface area (Å²) in [5.74, 6) is 0. The summed E-state index contributed by atoms with van der Waals surface area (Å²) >= 11 is 0.